The quantitative estimate of drug-likeness (QED) is 0.691. The number of piperazine rings is 1. The molecule has 170 valence electrons. The predicted molar refractivity (Wildman–Crippen MR) is 124 cm³/mol. The molecule has 0 aromatic heterocycles. The molecule has 2 aliphatic rings. The Morgan fingerprint density at radius 2 is 1.81 bits per heavy atom. The van der Waals surface area contributed by atoms with E-state index in [0.717, 1.165) is 19.3 Å². The smallest absolute Gasteiger partial charge is 0.255 e. The molecule has 0 spiro atoms. The summed E-state index contributed by atoms with van der Waals surface area (Å²) in [6, 6.07) is 11.2. The highest BCUT2D eigenvalue weighted by Gasteiger charge is 2.26. The second-order valence-electron chi connectivity index (χ2n) is 7.88. The summed E-state index contributed by atoms with van der Waals surface area (Å²) in [4.78, 5) is 26.4. The standard InChI is InChI=1S/C22H25ClN4O4S/c23-19-14-17(7-8-20(19)26-12-9-24-21(28)15-26)25-22(29)16-5-4-6-18(13-16)32(30,31)27-10-2-1-3-11-27/h4-8,13-14H,1-3,9-12,15H2,(H,24,28)(H,25,29). The van der Waals surface area contributed by atoms with Crippen molar-refractivity contribution in [3.8, 4) is 0 Å². The van der Waals surface area contributed by atoms with Gasteiger partial charge in [0.05, 0.1) is 22.2 Å². The number of piperidine rings is 1. The van der Waals surface area contributed by atoms with Crippen LogP contribution in [0.5, 0.6) is 0 Å². The van der Waals surface area contributed by atoms with Crippen LogP contribution < -0.4 is 15.5 Å². The van der Waals surface area contributed by atoms with Crippen LogP contribution in [0.4, 0.5) is 11.4 Å². The topological polar surface area (TPSA) is 98.8 Å². The minimum absolute atomic E-state index is 0.0657. The van der Waals surface area contributed by atoms with Gasteiger partial charge in [-0.2, -0.15) is 4.31 Å². The Morgan fingerprint density at radius 3 is 2.53 bits per heavy atom. The fourth-order valence-electron chi connectivity index (χ4n) is 3.94. The van der Waals surface area contributed by atoms with Crippen LogP contribution in [0, 0.1) is 0 Å². The van der Waals surface area contributed by atoms with E-state index in [1.54, 1.807) is 30.3 Å². The van der Waals surface area contributed by atoms with E-state index in [0.29, 0.717) is 42.6 Å². The van der Waals surface area contributed by atoms with Gasteiger partial charge < -0.3 is 15.5 Å². The lowest BCUT2D eigenvalue weighted by atomic mass is 10.2. The molecule has 32 heavy (non-hydrogen) atoms. The Labute approximate surface area is 192 Å². The molecule has 0 aliphatic carbocycles. The normalized spacial score (nSPS) is 17.7. The van der Waals surface area contributed by atoms with Gasteiger partial charge in [0.15, 0.2) is 0 Å². The summed E-state index contributed by atoms with van der Waals surface area (Å²) in [5.74, 6) is -0.494. The summed E-state index contributed by atoms with van der Waals surface area (Å²) in [5.41, 5.74) is 1.44. The summed E-state index contributed by atoms with van der Waals surface area (Å²) in [6.45, 7) is 2.42. The minimum Gasteiger partial charge on any atom is -0.359 e. The molecule has 0 atom stereocenters. The largest absolute Gasteiger partial charge is 0.359 e. The van der Waals surface area contributed by atoms with Crippen molar-refractivity contribution >= 4 is 44.8 Å². The summed E-state index contributed by atoms with van der Waals surface area (Å²) in [6.07, 6.45) is 2.72. The Hall–Kier alpha value is -2.62. The van der Waals surface area contributed by atoms with Crippen LogP contribution in [0.15, 0.2) is 47.4 Å². The first-order valence-corrected chi connectivity index (χ1v) is 12.4. The summed E-state index contributed by atoms with van der Waals surface area (Å²) in [5, 5.41) is 5.95. The maximum absolute atomic E-state index is 12.9. The highest BCUT2D eigenvalue weighted by molar-refractivity contribution is 7.89. The zero-order valence-corrected chi connectivity index (χ0v) is 19.1. The van der Waals surface area contributed by atoms with E-state index in [4.69, 9.17) is 11.6 Å². The van der Waals surface area contributed by atoms with Crippen molar-refractivity contribution in [3.63, 3.8) is 0 Å². The fraction of sp³-hybridized carbons (Fsp3) is 0.364. The minimum atomic E-state index is -3.63. The monoisotopic (exact) mass is 476 g/mol. The van der Waals surface area contributed by atoms with Gasteiger partial charge in [0.25, 0.3) is 5.91 Å². The van der Waals surface area contributed by atoms with E-state index >= 15 is 0 Å². The van der Waals surface area contributed by atoms with Crippen LogP contribution in [0.3, 0.4) is 0 Å². The van der Waals surface area contributed by atoms with Gasteiger partial charge in [-0.1, -0.05) is 24.1 Å². The zero-order chi connectivity index (χ0) is 22.7. The molecule has 2 aliphatic heterocycles. The summed E-state index contributed by atoms with van der Waals surface area (Å²) < 4.78 is 27.3. The molecule has 0 bridgehead atoms. The van der Waals surface area contributed by atoms with E-state index in [9.17, 15) is 18.0 Å². The highest BCUT2D eigenvalue weighted by atomic mass is 35.5. The molecule has 2 amide bonds. The fourth-order valence-corrected chi connectivity index (χ4v) is 5.80. The number of nitrogens with one attached hydrogen (secondary N) is 2. The Bertz CT molecular complexity index is 1130. The van der Waals surface area contributed by atoms with E-state index in [2.05, 4.69) is 10.6 Å². The van der Waals surface area contributed by atoms with Crippen molar-refractivity contribution in [1.82, 2.24) is 9.62 Å². The van der Waals surface area contributed by atoms with Crippen LogP contribution in [-0.2, 0) is 14.8 Å². The third kappa shape index (κ3) is 4.90. The van der Waals surface area contributed by atoms with Gasteiger partial charge in [0, 0.05) is 37.4 Å². The number of amides is 2. The van der Waals surface area contributed by atoms with Gasteiger partial charge in [-0.3, -0.25) is 9.59 Å². The Kier molecular flexibility index (Phi) is 6.68. The number of hydrogen-bond donors (Lipinski definition) is 2. The lowest BCUT2D eigenvalue weighted by Gasteiger charge is -2.29. The van der Waals surface area contributed by atoms with Gasteiger partial charge in [-0.05, 0) is 49.2 Å². The average Bonchev–Trinajstić information content (AvgIpc) is 2.80. The van der Waals surface area contributed by atoms with E-state index < -0.39 is 15.9 Å². The first-order chi connectivity index (χ1) is 15.3. The number of hydrogen-bond acceptors (Lipinski definition) is 5. The maximum atomic E-state index is 12.9. The molecule has 2 N–H and O–H groups in total. The summed E-state index contributed by atoms with van der Waals surface area (Å²) in [7, 11) is -3.63. The van der Waals surface area contributed by atoms with Crippen molar-refractivity contribution in [3.05, 3.63) is 53.1 Å². The van der Waals surface area contributed by atoms with Gasteiger partial charge in [-0.25, -0.2) is 8.42 Å². The van der Waals surface area contributed by atoms with E-state index in [1.165, 1.54) is 16.4 Å². The van der Waals surface area contributed by atoms with Crippen molar-refractivity contribution in [2.45, 2.75) is 24.2 Å². The molecule has 2 heterocycles. The molecular weight excluding hydrogens is 452 g/mol. The van der Waals surface area contributed by atoms with Crippen molar-refractivity contribution in [1.29, 1.82) is 0 Å². The first-order valence-electron chi connectivity index (χ1n) is 10.6. The number of benzene rings is 2. The number of halogens is 1. The molecular formula is C22H25ClN4O4S. The Balaban J connectivity index is 1.49. The van der Waals surface area contributed by atoms with Gasteiger partial charge in [0.2, 0.25) is 15.9 Å². The van der Waals surface area contributed by atoms with Gasteiger partial charge >= 0.3 is 0 Å². The molecule has 0 saturated carbocycles. The molecule has 2 saturated heterocycles. The second-order valence-corrected chi connectivity index (χ2v) is 10.2. The van der Waals surface area contributed by atoms with Crippen LogP contribution in [0.2, 0.25) is 5.02 Å². The Morgan fingerprint density at radius 1 is 1.03 bits per heavy atom. The molecule has 10 heteroatoms. The molecule has 8 nitrogen and oxygen atoms in total. The van der Waals surface area contributed by atoms with Crippen LogP contribution in [-0.4, -0.2) is 57.3 Å². The zero-order valence-electron chi connectivity index (χ0n) is 17.5. The average molecular weight is 477 g/mol. The summed E-state index contributed by atoms with van der Waals surface area (Å²) >= 11 is 6.40. The number of sulfonamides is 1. The maximum Gasteiger partial charge on any atom is 0.255 e. The molecule has 2 fully saturated rings. The van der Waals surface area contributed by atoms with Gasteiger partial charge in [0.1, 0.15) is 0 Å². The van der Waals surface area contributed by atoms with E-state index in [1.807, 2.05) is 4.90 Å². The number of carbonyl (C=O) groups is 2. The van der Waals surface area contributed by atoms with Crippen molar-refractivity contribution in [2.75, 3.05) is 42.9 Å². The number of anilines is 2. The van der Waals surface area contributed by atoms with Crippen molar-refractivity contribution in [2.24, 2.45) is 0 Å². The highest BCUT2D eigenvalue weighted by Crippen LogP contribution is 2.29. The molecule has 2 aromatic carbocycles. The lowest BCUT2D eigenvalue weighted by molar-refractivity contribution is -0.120. The second kappa shape index (κ2) is 9.48. The third-order valence-corrected chi connectivity index (χ3v) is 7.83. The SMILES string of the molecule is O=C1CN(c2ccc(NC(=O)c3cccc(S(=O)(=O)N4CCCCC4)c3)cc2Cl)CCN1. The predicted octanol–water partition coefficient (Wildman–Crippen LogP) is 2.70. The van der Waals surface area contributed by atoms with Crippen LogP contribution in [0.1, 0.15) is 29.6 Å². The molecule has 2 aromatic rings. The van der Waals surface area contributed by atoms with Gasteiger partial charge in [-0.15, -0.1) is 0 Å². The van der Waals surface area contributed by atoms with Crippen LogP contribution >= 0.6 is 11.6 Å². The van der Waals surface area contributed by atoms with Crippen LogP contribution in [0.25, 0.3) is 0 Å². The number of nitrogens with zero attached hydrogens (tertiary/aromatic N) is 2. The first kappa shape index (κ1) is 22.6. The molecule has 0 radical (unpaired) electrons. The van der Waals surface area contributed by atoms with E-state index in [-0.39, 0.29) is 22.9 Å². The van der Waals surface area contributed by atoms with Crippen molar-refractivity contribution < 1.29 is 18.0 Å². The lowest BCUT2D eigenvalue weighted by Crippen LogP contribution is -2.47. The number of carbonyl (C=O) groups excluding carboxylic acids is 2. The number of rotatable bonds is 5. The molecule has 0 unspecified atom stereocenters. The third-order valence-electron chi connectivity index (χ3n) is 5.63. The molecule has 4 rings (SSSR count).